The smallest absolute Gasteiger partial charge is 0.191 e. The number of pyridine rings is 1. The lowest BCUT2D eigenvalue weighted by Crippen LogP contribution is -2.38. The number of nitrogens with one attached hydrogen (secondary N) is 2. The third-order valence-corrected chi connectivity index (χ3v) is 3.68. The number of nitrogens with zero attached hydrogens (tertiary/aromatic N) is 3. The number of guanidine groups is 1. The normalized spacial score (nSPS) is 11.2. The highest BCUT2D eigenvalue weighted by molar-refractivity contribution is 5.79. The van der Waals surface area contributed by atoms with Crippen molar-refractivity contribution in [2.45, 2.75) is 19.9 Å². The second-order valence-electron chi connectivity index (χ2n) is 5.70. The second-order valence-corrected chi connectivity index (χ2v) is 5.70. The maximum atomic E-state index is 13.3. The number of aliphatic imine (C=N–C) groups is 1. The lowest BCUT2D eigenvalue weighted by Gasteiger charge is -2.19. The van der Waals surface area contributed by atoms with Gasteiger partial charge in [0.2, 0.25) is 0 Å². The first kappa shape index (κ1) is 18.7. The summed E-state index contributed by atoms with van der Waals surface area (Å²) in [6.45, 7) is 5.00. The fraction of sp³-hybridized carbons (Fsp3) is 0.368. The first-order chi connectivity index (χ1) is 12.2. The number of hydrogen-bond donors (Lipinski definition) is 2. The maximum absolute atomic E-state index is 13.3. The van der Waals surface area contributed by atoms with Crippen LogP contribution in [0, 0.1) is 5.82 Å². The summed E-state index contributed by atoms with van der Waals surface area (Å²) in [6, 6.07) is 12.5. The highest BCUT2D eigenvalue weighted by Gasteiger charge is 2.03. The van der Waals surface area contributed by atoms with Crippen molar-refractivity contribution in [2.24, 2.45) is 4.99 Å². The molecule has 0 aliphatic heterocycles. The number of halogens is 1. The zero-order chi connectivity index (χ0) is 17.9. The summed E-state index contributed by atoms with van der Waals surface area (Å²) in [7, 11) is 1.97. The standard InChI is InChI=1S/C19H26FN5/c1-3-21-19(24-15-17-9-4-5-11-22-17)23-12-7-13-25(2)18-10-6-8-16(20)14-18/h4-6,8-11,14H,3,7,12-13,15H2,1-2H3,(H2,21,23,24). The Hall–Kier alpha value is -2.63. The summed E-state index contributed by atoms with van der Waals surface area (Å²) >= 11 is 0. The van der Waals surface area contributed by atoms with E-state index in [1.54, 1.807) is 18.3 Å². The highest BCUT2D eigenvalue weighted by atomic mass is 19.1. The Labute approximate surface area is 149 Å². The molecule has 0 amide bonds. The van der Waals surface area contributed by atoms with Gasteiger partial charge in [-0.15, -0.1) is 0 Å². The quantitative estimate of drug-likeness (QED) is 0.440. The molecule has 0 fully saturated rings. The number of hydrogen-bond acceptors (Lipinski definition) is 3. The number of rotatable bonds is 8. The molecule has 1 aromatic heterocycles. The molecule has 0 aliphatic rings. The van der Waals surface area contributed by atoms with Crippen molar-refractivity contribution in [1.82, 2.24) is 15.6 Å². The molecule has 134 valence electrons. The van der Waals surface area contributed by atoms with Crippen molar-refractivity contribution < 1.29 is 4.39 Å². The van der Waals surface area contributed by atoms with Gasteiger partial charge in [0.15, 0.2) is 5.96 Å². The molecule has 1 heterocycles. The van der Waals surface area contributed by atoms with Crippen LogP contribution < -0.4 is 15.5 Å². The van der Waals surface area contributed by atoms with Crippen LogP contribution in [0.2, 0.25) is 0 Å². The lowest BCUT2D eigenvalue weighted by atomic mass is 10.2. The molecule has 25 heavy (non-hydrogen) atoms. The van der Waals surface area contributed by atoms with E-state index in [0.717, 1.165) is 43.4 Å². The van der Waals surface area contributed by atoms with Crippen LogP contribution in [0.15, 0.2) is 53.7 Å². The van der Waals surface area contributed by atoms with E-state index >= 15 is 0 Å². The van der Waals surface area contributed by atoms with Crippen molar-refractivity contribution in [2.75, 3.05) is 31.6 Å². The third-order valence-electron chi connectivity index (χ3n) is 3.68. The van der Waals surface area contributed by atoms with E-state index in [1.807, 2.05) is 43.1 Å². The monoisotopic (exact) mass is 343 g/mol. The van der Waals surface area contributed by atoms with Gasteiger partial charge in [0.1, 0.15) is 5.82 Å². The molecule has 2 N–H and O–H groups in total. The summed E-state index contributed by atoms with van der Waals surface area (Å²) in [5.74, 6) is 0.570. The van der Waals surface area contributed by atoms with E-state index < -0.39 is 0 Å². The summed E-state index contributed by atoms with van der Waals surface area (Å²) < 4.78 is 13.3. The SMILES string of the molecule is CCNC(=NCc1ccccn1)NCCCN(C)c1cccc(F)c1. The third kappa shape index (κ3) is 6.79. The molecular weight excluding hydrogens is 317 g/mol. The fourth-order valence-corrected chi connectivity index (χ4v) is 2.36. The molecule has 0 saturated carbocycles. The predicted molar refractivity (Wildman–Crippen MR) is 101 cm³/mol. The summed E-state index contributed by atoms with van der Waals surface area (Å²) in [5.41, 5.74) is 1.82. The Balaban J connectivity index is 1.77. The minimum Gasteiger partial charge on any atom is -0.374 e. The molecule has 0 saturated heterocycles. The van der Waals surface area contributed by atoms with Gasteiger partial charge < -0.3 is 15.5 Å². The molecule has 2 rings (SSSR count). The molecule has 0 atom stereocenters. The van der Waals surface area contributed by atoms with Crippen LogP contribution in [0.1, 0.15) is 19.0 Å². The van der Waals surface area contributed by atoms with Crippen molar-refractivity contribution >= 4 is 11.6 Å². The van der Waals surface area contributed by atoms with E-state index in [-0.39, 0.29) is 5.82 Å². The Morgan fingerprint density at radius 3 is 2.80 bits per heavy atom. The number of anilines is 1. The molecular formula is C19H26FN5. The number of benzene rings is 1. The Bertz CT molecular complexity index is 660. The Kier molecular flexibility index (Phi) is 7.69. The molecule has 0 aliphatic carbocycles. The van der Waals surface area contributed by atoms with Crippen molar-refractivity contribution in [1.29, 1.82) is 0 Å². The van der Waals surface area contributed by atoms with Gasteiger partial charge in [-0.1, -0.05) is 12.1 Å². The van der Waals surface area contributed by atoms with Crippen molar-refractivity contribution in [3.05, 3.63) is 60.2 Å². The van der Waals surface area contributed by atoms with Crippen LogP contribution in [-0.4, -0.2) is 37.6 Å². The first-order valence-corrected chi connectivity index (χ1v) is 8.58. The maximum Gasteiger partial charge on any atom is 0.191 e. The van der Waals surface area contributed by atoms with Gasteiger partial charge in [-0.05, 0) is 43.7 Å². The van der Waals surface area contributed by atoms with E-state index in [4.69, 9.17) is 0 Å². The Morgan fingerprint density at radius 2 is 2.08 bits per heavy atom. The second kappa shape index (κ2) is 10.3. The van der Waals surface area contributed by atoms with Crippen LogP contribution in [-0.2, 0) is 6.54 Å². The molecule has 1 aromatic carbocycles. The van der Waals surface area contributed by atoms with Crippen LogP contribution in [0.4, 0.5) is 10.1 Å². The average molecular weight is 343 g/mol. The fourth-order valence-electron chi connectivity index (χ4n) is 2.36. The van der Waals surface area contributed by atoms with E-state index in [2.05, 4.69) is 20.6 Å². The molecule has 5 nitrogen and oxygen atoms in total. The van der Waals surface area contributed by atoms with Gasteiger partial charge in [-0.3, -0.25) is 4.98 Å². The largest absolute Gasteiger partial charge is 0.374 e. The Morgan fingerprint density at radius 1 is 1.20 bits per heavy atom. The first-order valence-electron chi connectivity index (χ1n) is 8.58. The minimum atomic E-state index is -0.210. The molecule has 0 unspecified atom stereocenters. The molecule has 0 spiro atoms. The zero-order valence-corrected chi connectivity index (χ0v) is 14.9. The van der Waals surface area contributed by atoms with Crippen LogP contribution in [0.25, 0.3) is 0 Å². The molecule has 6 heteroatoms. The average Bonchev–Trinajstić information content (AvgIpc) is 2.63. The van der Waals surface area contributed by atoms with Crippen LogP contribution in [0.3, 0.4) is 0 Å². The molecule has 2 aromatic rings. The van der Waals surface area contributed by atoms with Gasteiger partial charge in [0, 0.05) is 38.6 Å². The van der Waals surface area contributed by atoms with Crippen molar-refractivity contribution in [3.8, 4) is 0 Å². The van der Waals surface area contributed by atoms with E-state index in [9.17, 15) is 4.39 Å². The number of aromatic nitrogens is 1. The highest BCUT2D eigenvalue weighted by Crippen LogP contribution is 2.13. The van der Waals surface area contributed by atoms with E-state index in [0.29, 0.717) is 6.54 Å². The van der Waals surface area contributed by atoms with Gasteiger partial charge in [0.25, 0.3) is 0 Å². The predicted octanol–water partition coefficient (Wildman–Crippen LogP) is 2.80. The molecule has 0 radical (unpaired) electrons. The van der Waals surface area contributed by atoms with Crippen LogP contribution >= 0.6 is 0 Å². The topological polar surface area (TPSA) is 52.6 Å². The van der Waals surface area contributed by atoms with Crippen LogP contribution in [0.5, 0.6) is 0 Å². The summed E-state index contributed by atoms with van der Waals surface area (Å²) in [4.78, 5) is 10.9. The lowest BCUT2D eigenvalue weighted by molar-refractivity contribution is 0.626. The van der Waals surface area contributed by atoms with Gasteiger partial charge in [-0.2, -0.15) is 0 Å². The summed E-state index contributed by atoms with van der Waals surface area (Å²) in [5, 5.41) is 6.55. The zero-order valence-electron chi connectivity index (χ0n) is 14.9. The van der Waals surface area contributed by atoms with Crippen molar-refractivity contribution in [3.63, 3.8) is 0 Å². The van der Waals surface area contributed by atoms with E-state index in [1.165, 1.54) is 6.07 Å². The van der Waals surface area contributed by atoms with Gasteiger partial charge in [0.05, 0.1) is 12.2 Å². The van der Waals surface area contributed by atoms with Gasteiger partial charge in [-0.25, -0.2) is 9.38 Å². The summed E-state index contributed by atoms with van der Waals surface area (Å²) in [6.07, 6.45) is 2.69. The van der Waals surface area contributed by atoms with Gasteiger partial charge >= 0.3 is 0 Å². The molecule has 0 bridgehead atoms. The minimum absolute atomic E-state index is 0.210.